The van der Waals surface area contributed by atoms with Crippen molar-refractivity contribution in [2.24, 2.45) is 0 Å². The van der Waals surface area contributed by atoms with Gasteiger partial charge in [-0.2, -0.15) is 5.26 Å². The zero-order valence-corrected chi connectivity index (χ0v) is 13.3. The Balaban J connectivity index is 2.21. The molecule has 1 aromatic carbocycles. The Labute approximate surface area is 135 Å². The maximum Gasteiger partial charge on any atom is 0.266 e. The Hall–Kier alpha value is -2.03. The normalized spacial score (nSPS) is 11.0. The highest BCUT2D eigenvalue weighted by Crippen LogP contribution is 2.21. The highest BCUT2D eigenvalue weighted by molar-refractivity contribution is 9.10. The van der Waals surface area contributed by atoms with E-state index >= 15 is 0 Å². The van der Waals surface area contributed by atoms with E-state index in [1.807, 2.05) is 13.0 Å². The van der Waals surface area contributed by atoms with Gasteiger partial charge in [0.05, 0.1) is 0 Å². The summed E-state index contributed by atoms with van der Waals surface area (Å²) in [6.45, 7) is 1.82. The molecular weight excluding hydrogens is 356 g/mol. The van der Waals surface area contributed by atoms with Crippen molar-refractivity contribution in [2.45, 2.75) is 6.92 Å². The topological polar surface area (TPSA) is 66.0 Å². The molecule has 0 bridgehead atoms. The van der Waals surface area contributed by atoms with Crippen LogP contribution in [0, 0.1) is 18.3 Å². The Morgan fingerprint density at radius 3 is 2.76 bits per heavy atom. The van der Waals surface area contributed by atoms with Crippen molar-refractivity contribution in [1.29, 1.82) is 5.26 Å². The number of rotatable bonds is 3. The van der Waals surface area contributed by atoms with Crippen LogP contribution in [-0.2, 0) is 4.79 Å². The summed E-state index contributed by atoms with van der Waals surface area (Å²) < 4.78 is 5.78. The number of amides is 1. The quantitative estimate of drug-likeness (QED) is 0.641. The molecule has 0 unspecified atom stereocenters. The molecule has 0 aliphatic heterocycles. The molecule has 21 heavy (non-hydrogen) atoms. The fourth-order valence-electron chi connectivity index (χ4n) is 1.65. The van der Waals surface area contributed by atoms with Crippen molar-refractivity contribution in [3.63, 3.8) is 0 Å². The Bertz CT molecular complexity index is 759. The number of halogens is 2. The first-order valence-corrected chi connectivity index (χ1v) is 7.11. The largest absolute Gasteiger partial charge is 0.450 e. The number of carbonyl (C=O) groups excluding carboxylic acids is 1. The highest BCUT2D eigenvalue weighted by atomic mass is 79.9. The molecule has 0 aliphatic rings. The van der Waals surface area contributed by atoms with Crippen LogP contribution in [-0.4, -0.2) is 5.91 Å². The second kappa shape index (κ2) is 6.61. The molecule has 0 saturated heterocycles. The minimum Gasteiger partial charge on any atom is -0.450 e. The fourth-order valence-corrected chi connectivity index (χ4v) is 2.20. The van der Waals surface area contributed by atoms with Gasteiger partial charge < -0.3 is 9.73 Å². The third-order valence-corrected chi connectivity index (χ3v) is 3.34. The molecule has 2 aromatic rings. The molecule has 0 fully saturated rings. The lowest BCUT2D eigenvalue weighted by molar-refractivity contribution is -0.112. The maximum absolute atomic E-state index is 12.1. The highest BCUT2D eigenvalue weighted by Gasteiger charge is 2.12. The lowest BCUT2D eigenvalue weighted by Crippen LogP contribution is -2.14. The van der Waals surface area contributed by atoms with Crippen LogP contribution in [0.5, 0.6) is 0 Å². The molecule has 6 heteroatoms. The number of nitrogens with one attached hydrogen (secondary N) is 1. The molecule has 1 N–H and O–H groups in total. The third-order valence-electron chi connectivity index (χ3n) is 2.68. The Kier molecular flexibility index (Phi) is 4.84. The van der Waals surface area contributed by atoms with E-state index in [0.29, 0.717) is 21.1 Å². The first-order chi connectivity index (χ1) is 9.99. The maximum atomic E-state index is 12.1. The summed E-state index contributed by atoms with van der Waals surface area (Å²) in [5.74, 6) is -0.0863. The van der Waals surface area contributed by atoms with E-state index in [1.54, 1.807) is 30.3 Å². The summed E-state index contributed by atoms with van der Waals surface area (Å²) >= 11 is 9.02. The fraction of sp³-hybridized carbons (Fsp3) is 0.0667. The van der Waals surface area contributed by atoms with Crippen LogP contribution in [0.15, 0.2) is 45.0 Å². The van der Waals surface area contributed by atoms with Crippen LogP contribution in [0.2, 0.25) is 5.02 Å². The van der Waals surface area contributed by atoms with Gasteiger partial charge in [-0.15, -0.1) is 0 Å². The predicted molar refractivity (Wildman–Crippen MR) is 84.8 cm³/mol. The summed E-state index contributed by atoms with van der Waals surface area (Å²) in [5, 5.41) is 12.4. The van der Waals surface area contributed by atoms with Gasteiger partial charge >= 0.3 is 0 Å². The molecule has 4 nitrogen and oxygen atoms in total. The number of nitrogens with zero attached hydrogens (tertiary/aromatic N) is 1. The van der Waals surface area contributed by atoms with Gasteiger partial charge in [0, 0.05) is 16.8 Å². The zero-order valence-electron chi connectivity index (χ0n) is 11.0. The van der Waals surface area contributed by atoms with E-state index in [1.165, 1.54) is 6.08 Å². The second-order valence-electron chi connectivity index (χ2n) is 4.23. The van der Waals surface area contributed by atoms with Gasteiger partial charge in [0.25, 0.3) is 5.91 Å². The van der Waals surface area contributed by atoms with E-state index in [4.69, 9.17) is 21.3 Å². The van der Waals surface area contributed by atoms with Crippen molar-refractivity contribution in [3.05, 3.63) is 56.9 Å². The molecule has 106 valence electrons. The number of nitriles is 1. The van der Waals surface area contributed by atoms with Gasteiger partial charge in [-0.1, -0.05) is 11.6 Å². The lowest BCUT2D eigenvalue weighted by atomic mass is 10.1. The monoisotopic (exact) mass is 364 g/mol. The van der Waals surface area contributed by atoms with E-state index in [2.05, 4.69) is 21.2 Å². The third kappa shape index (κ3) is 3.97. The van der Waals surface area contributed by atoms with Crippen LogP contribution in [0.3, 0.4) is 0 Å². The smallest absolute Gasteiger partial charge is 0.266 e. The number of carbonyl (C=O) groups is 1. The van der Waals surface area contributed by atoms with Crippen LogP contribution < -0.4 is 5.32 Å². The minimum absolute atomic E-state index is 0.0498. The molecule has 1 amide bonds. The zero-order chi connectivity index (χ0) is 15.4. The number of anilines is 1. The van der Waals surface area contributed by atoms with Crippen LogP contribution in [0.4, 0.5) is 5.69 Å². The van der Waals surface area contributed by atoms with Gasteiger partial charge in [-0.05, 0) is 58.7 Å². The number of aryl methyl sites for hydroxylation is 1. The molecule has 0 aliphatic carbocycles. The molecule has 1 aromatic heterocycles. The molecule has 0 atom stereocenters. The first kappa shape index (κ1) is 15.4. The van der Waals surface area contributed by atoms with E-state index in [9.17, 15) is 4.79 Å². The van der Waals surface area contributed by atoms with Crippen molar-refractivity contribution in [1.82, 2.24) is 0 Å². The number of furan rings is 1. The predicted octanol–water partition coefficient (Wildman–Crippen LogP) is 4.55. The van der Waals surface area contributed by atoms with Crippen LogP contribution >= 0.6 is 27.5 Å². The second-order valence-corrected chi connectivity index (χ2v) is 5.44. The number of hydrogen-bond acceptors (Lipinski definition) is 3. The number of benzene rings is 1. The van der Waals surface area contributed by atoms with Gasteiger partial charge in [-0.3, -0.25) is 4.79 Å². The van der Waals surface area contributed by atoms with Crippen molar-refractivity contribution in [2.75, 3.05) is 5.32 Å². The average molecular weight is 366 g/mol. The number of hydrogen-bond donors (Lipinski definition) is 1. The molecule has 0 saturated carbocycles. The first-order valence-electron chi connectivity index (χ1n) is 5.94. The Morgan fingerprint density at radius 2 is 2.19 bits per heavy atom. The summed E-state index contributed by atoms with van der Waals surface area (Å²) in [7, 11) is 0. The van der Waals surface area contributed by atoms with E-state index in [0.717, 1.165) is 5.56 Å². The molecular formula is C15H10BrClN2O2. The summed E-state index contributed by atoms with van der Waals surface area (Å²) in [6, 6.07) is 10.3. The van der Waals surface area contributed by atoms with Gasteiger partial charge in [0.1, 0.15) is 17.4 Å². The SMILES string of the molecule is Cc1cc(Cl)ccc1NC(=O)/C(C#N)=C/c1ccc(Br)o1. The summed E-state index contributed by atoms with van der Waals surface area (Å²) in [6.07, 6.45) is 1.38. The van der Waals surface area contributed by atoms with Crippen molar-refractivity contribution < 1.29 is 9.21 Å². The lowest BCUT2D eigenvalue weighted by Gasteiger charge is -2.07. The molecule has 2 rings (SSSR count). The molecule has 0 spiro atoms. The Morgan fingerprint density at radius 1 is 1.43 bits per heavy atom. The van der Waals surface area contributed by atoms with Crippen LogP contribution in [0.1, 0.15) is 11.3 Å². The van der Waals surface area contributed by atoms with Crippen molar-refractivity contribution >= 4 is 45.2 Å². The van der Waals surface area contributed by atoms with Gasteiger partial charge in [0.15, 0.2) is 4.67 Å². The standard InChI is InChI=1S/C15H10BrClN2O2/c1-9-6-11(17)2-4-13(9)19-15(20)10(8-18)7-12-3-5-14(16)21-12/h2-7H,1H3,(H,19,20)/b10-7+. The average Bonchev–Trinajstić information content (AvgIpc) is 2.84. The van der Waals surface area contributed by atoms with Crippen molar-refractivity contribution in [3.8, 4) is 6.07 Å². The van der Waals surface area contributed by atoms with E-state index < -0.39 is 5.91 Å². The van der Waals surface area contributed by atoms with E-state index in [-0.39, 0.29) is 5.57 Å². The van der Waals surface area contributed by atoms with Gasteiger partial charge in [0.2, 0.25) is 0 Å². The van der Waals surface area contributed by atoms with Crippen LogP contribution in [0.25, 0.3) is 6.08 Å². The molecule has 1 heterocycles. The minimum atomic E-state index is -0.504. The summed E-state index contributed by atoms with van der Waals surface area (Å²) in [5.41, 5.74) is 1.37. The summed E-state index contributed by atoms with van der Waals surface area (Å²) in [4.78, 5) is 12.1. The molecule has 0 radical (unpaired) electrons. The van der Waals surface area contributed by atoms with Gasteiger partial charge in [-0.25, -0.2) is 0 Å².